The molecule has 0 rings (SSSR count). The van der Waals surface area contributed by atoms with Crippen LogP contribution in [0.1, 0.15) is 47.0 Å². The largest absolute Gasteiger partial charge is 0.542 e. The molecule has 91 valence electrons. The van der Waals surface area contributed by atoms with Crippen LogP contribution in [0.2, 0.25) is 0 Å². The summed E-state index contributed by atoms with van der Waals surface area (Å²) in [7, 11) is 0. The van der Waals surface area contributed by atoms with Crippen molar-refractivity contribution in [2.45, 2.75) is 47.0 Å². The van der Waals surface area contributed by atoms with Gasteiger partial charge in [-0.2, -0.15) is 13.3 Å². The molecule has 0 heterocycles. The van der Waals surface area contributed by atoms with Gasteiger partial charge in [-0.15, -0.1) is 0 Å². The number of carbonyl (C=O) groups excluding carboxylic acids is 4. The van der Waals surface area contributed by atoms with Gasteiger partial charge < -0.3 is 9.59 Å². The molecular formula is C11H18O4Y-2. The van der Waals surface area contributed by atoms with Gasteiger partial charge in [-0.05, 0) is 6.92 Å². The fourth-order valence-electron chi connectivity index (χ4n) is 0.403. The summed E-state index contributed by atoms with van der Waals surface area (Å²) in [6.45, 7) is 6.26. The molecule has 0 aromatic rings. The van der Waals surface area contributed by atoms with E-state index in [2.05, 4.69) is 0 Å². The van der Waals surface area contributed by atoms with Gasteiger partial charge in [0.15, 0.2) is 0 Å². The summed E-state index contributed by atoms with van der Waals surface area (Å²) in [5, 5.41) is 0. The third-order valence-corrected chi connectivity index (χ3v) is 0.985. The van der Waals surface area contributed by atoms with Crippen molar-refractivity contribution in [3.05, 3.63) is 0 Å². The summed E-state index contributed by atoms with van der Waals surface area (Å²) in [6.07, 6.45) is 4.27. The second kappa shape index (κ2) is 24.2. The van der Waals surface area contributed by atoms with E-state index in [0.717, 1.165) is 0 Å². The Hall–Kier alpha value is -0.216. The Kier molecular flexibility index (Phi) is 37.5. The maximum atomic E-state index is 10.4. The van der Waals surface area contributed by atoms with Gasteiger partial charge in [0.05, 0.1) is 6.42 Å². The Morgan fingerprint density at radius 3 is 1.50 bits per heavy atom. The van der Waals surface area contributed by atoms with E-state index in [9.17, 15) is 9.59 Å². The standard InChI is InChI=1S/C6H10O2.C3H5O.C2H3O.Y/c1-3-6(8)4-5(2)7;1-2-3-4;1-2-3;/h3-4H2,1-2H3;2H2,1H3;1H3;/q;2*-1;. The molecule has 0 saturated carbocycles. The Morgan fingerprint density at radius 2 is 1.44 bits per heavy atom. The zero-order valence-corrected chi connectivity index (χ0v) is 13.2. The first kappa shape index (κ1) is 24.8. The molecule has 0 aliphatic carbocycles. The molecule has 0 atom stereocenters. The quantitative estimate of drug-likeness (QED) is 0.584. The summed E-state index contributed by atoms with van der Waals surface area (Å²) in [5.41, 5.74) is 0. The second-order valence-electron chi connectivity index (χ2n) is 2.47. The zero-order valence-electron chi connectivity index (χ0n) is 10.3. The molecule has 0 spiro atoms. The monoisotopic (exact) mass is 303 g/mol. The number of rotatable bonds is 4. The predicted octanol–water partition coefficient (Wildman–Crippen LogP) is 1.56. The van der Waals surface area contributed by atoms with Crippen LogP contribution >= 0.6 is 0 Å². The van der Waals surface area contributed by atoms with Crippen molar-refractivity contribution in [3.8, 4) is 0 Å². The van der Waals surface area contributed by atoms with Crippen molar-refractivity contribution in [1.82, 2.24) is 0 Å². The minimum atomic E-state index is -0.0446. The van der Waals surface area contributed by atoms with Crippen LogP contribution in [0.5, 0.6) is 0 Å². The van der Waals surface area contributed by atoms with Gasteiger partial charge >= 0.3 is 0 Å². The van der Waals surface area contributed by atoms with Crippen LogP contribution in [0.3, 0.4) is 0 Å². The van der Waals surface area contributed by atoms with Gasteiger partial charge in [0.1, 0.15) is 11.6 Å². The van der Waals surface area contributed by atoms with Crippen LogP contribution in [-0.2, 0) is 51.9 Å². The molecule has 0 bridgehead atoms. The first-order valence-electron chi connectivity index (χ1n) is 4.64. The molecule has 16 heavy (non-hydrogen) atoms. The molecule has 0 fully saturated rings. The van der Waals surface area contributed by atoms with Crippen LogP contribution in [-0.4, -0.2) is 24.1 Å². The molecule has 0 unspecified atom stereocenters. The molecule has 0 aromatic heterocycles. The molecule has 0 N–H and O–H groups in total. The van der Waals surface area contributed by atoms with E-state index in [1.807, 2.05) is 0 Å². The van der Waals surface area contributed by atoms with Crippen molar-refractivity contribution >= 4 is 24.1 Å². The number of hydrogen-bond donors (Lipinski definition) is 0. The average molecular weight is 303 g/mol. The fraction of sp³-hybridized carbons (Fsp3) is 0.636. The molecule has 0 aliphatic rings. The smallest absolute Gasteiger partial charge is 0.139 e. The van der Waals surface area contributed by atoms with Crippen LogP contribution in [0, 0.1) is 0 Å². The van der Waals surface area contributed by atoms with Crippen molar-refractivity contribution in [3.63, 3.8) is 0 Å². The Balaban J connectivity index is -0.0000000767. The van der Waals surface area contributed by atoms with E-state index in [4.69, 9.17) is 9.59 Å². The summed E-state index contributed by atoms with van der Waals surface area (Å²) >= 11 is 0. The maximum Gasteiger partial charge on any atom is 0.139 e. The molecule has 5 heteroatoms. The van der Waals surface area contributed by atoms with E-state index in [-0.39, 0.29) is 50.7 Å². The van der Waals surface area contributed by atoms with Crippen molar-refractivity contribution < 1.29 is 51.9 Å². The summed E-state index contributed by atoms with van der Waals surface area (Å²) < 4.78 is 0. The van der Waals surface area contributed by atoms with Gasteiger partial charge in [-0.1, -0.05) is 13.8 Å². The maximum absolute atomic E-state index is 10.4. The third kappa shape index (κ3) is 48.9. The molecule has 1 radical (unpaired) electrons. The van der Waals surface area contributed by atoms with Gasteiger partial charge in [-0.3, -0.25) is 22.2 Å². The first-order valence-corrected chi connectivity index (χ1v) is 4.64. The predicted molar refractivity (Wildman–Crippen MR) is 57.9 cm³/mol. The summed E-state index contributed by atoms with van der Waals surface area (Å²) in [5.74, 6) is -0.0191. The van der Waals surface area contributed by atoms with E-state index >= 15 is 0 Å². The van der Waals surface area contributed by atoms with Crippen LogP contribution in [0.4, 0.5) is 0 Å². The van der Waals surface area contributed by atoms with Gasteiger partial charge in [-0.25, -0.2) is 0 Å². The molecule has 4 nitrogen and oxygen atoms in total. The summed E-state index contributed by atoms with van der Waals surface area (Å²) in [6, 6.07) is 0. The zero-order chi connectivity index (χ0) is 12.7. The number of ketones is 2. The minimum Gasteiger partial charge on any atom is -0.542 e. The Bertz CT molecular complexity index is 190. The van der Waals surface area contributed by atoms with Gasteiger partial charge in [0.2, 0.25) is 0 Å². The number of Topliss-reactive ketones (excluding diaryl/α,β-unsaturated/α-hetero) is 2. The Labute approximate surface area is 122 Å². The molecule has 0 aliphatic heterocycles. The van der Waals surface area contributed by atoms with Gasteiger partial charge in [0, 0.05) is 39.1 Å². The summed E-state index contributed by atoms with van der Waals surface area (Å²) in [4.78, 5) is 38.3. The van der Waals surface area contributed by atoms with E-state index in [0.29, 0.717) is 12.8 Å². The SMILES string of the molecule is CCC(=O)CC(C)=O.CC[C-]=O.C[C-]=O.[Y]. The molecule has 0 amide bonds. The molecular weight excluding hydrogens is 285 g/mol. The van der Waals surface area contributed by atoms with Gasteiger partial charge in [0.25, 0.3) is 0 Å². The molecule has 0 saturated heterocycles. The number of hydrogen-bond acceptors (Lipinski definition) is 4. The third-order valence-electron chi connectivity index (χ3n) is 0.985. The second-order valence-corrected chi connectivity index (χ2v) is 2.47. The van der Waals surface area contributed by atoms with E-state index < -0.39 is 0 Å². The fourth-order valence-corrected chi connectivity index (χ4v) is 0.403. The van der Waals surface area contributed by atoms with Crippen molar-refractivity contribution in [2.75, 3.05) is 0 Å². The van der Waals surface area contributed by atoms with E-state index in [1.54, 1.807) is 20.1 Å². The van der Waals surface area contributed by atoms with Crippen molar-refractivity contribution in [2.24, 2.45) is 0 Å². The van der Waals surface area contributed by atoms with Crippen LogP contribution < -0.4 is 0 Å². The minimum absolute atomic E-state index is 0. The average Bonchev–Trinajstić information content (AvgIpc) is 2.18. The van der Waals surface area contributed by atoms with E-state index in [1.165, 1.54) is 20.1 Å². The first-order chi connectivity index (χ1) is 6.99. The van der Waals surface area contributed by atoms with Crippen molar-refractivity contribution in [1.29, 1.82) is 0 Å². The number of carbonyl (C=O) groups is 2. The van der Waals surface area contributed by atoms with Crippen LogP contribution in [0.15, 0.2) is 0 Å². The Morgan fingerprint density at radius 1 is 1.12 bits per heavy atom. The normalized spacial score (nSPS) is 6.75. The molecule has 0 aromatic carbocycles. The topological polar surface area (TPSA) is 68.3 Å². The van der Waals surface area contributed by atoms with Crippen LogP contribution in [0.25, 0.3) is 0 Å².